The van der Waals surface area contributed by atoms with Crippen molar-refractivity contribution in [2.75, 3.05) is 24.5 Å². The molecule has 0 radical (unpaired) electrons. The van der Waals surface area contributed by atoms with E-state index >= 15 is 0 Å². The number of nitriles is 1. The average Bonchev–Trinajstić information content (AvgIpc) is 3.05. The van der Waals surface area contributed by atoms with Gasteiger partial charge in [0.05, 0.1) is 5.56 Å². The molecular weight excluding hydrogens is 260 g/mol. The Kier molecular flexibility index (Phi) is 4.40. The van der Waals surface area contributed by atoms with Gasteiger partial charge in [-0.2, -0.15) is 5.26 Å². The second-order valence-electron chi connectivity index (χ2n) is 6.12. The molecule has 1 aliphatic heterocycles. The van der Waals surface area contributed by atoms with Crippen LogP contribution in [0.25, 0.3) is 0 Å². The maximum Gasteiger partial charge on any atom is 0.147 e. The van der Waals surface area contributed by atoms with Gasteiger partial charge < -0.3 is 10.2 Å². The fourth-order valence-corrected chi connectivity index (χ4v) is 3.53. The quantitative estimate of drug-likeness (QED) is 0.922. The zero-order valence-corrected chi connectivity index (χ0v) is 12.9. The summed E-state index contributed by atoms with van der Waals surface area (Å²) in [5.74, 6) is 0.925. The van der Waals surface area contributed by atoms with Crippen LogP contribution in [0.2, 0.25) is 0 Å². The van der Waals surface area contributed by atoms with E-state index in [0.717, 1.165) is 56.7 Å². The van der Waals surface area contributed by atoms with Gasteiger partial charge in [-0.1, -0.05) is 6.92 Å². The van der Waals surface area contributed by atoms with E-state index in [-0.39, 0.29) is 0 Å². The van der Waals surface area contributed by atoms with Crippen LogP contribution < -0.4 is 10.2 Å². The number of rotatable bonds is 4. The monoisotopic (exact) mass is 284 g/mol. The van der Waals surface area contributed by atoms with Crippen LogP contribution in [0.4, 0.5) is 5.82 Å². The van der Waals surface area contributed by atoms with Gasteiger partial charge in [-0.25, -0.2) is 4.98 Å². The molecule has 21 heavy (non-hydrogen) atoms. The molecule has 3 rings (SSSR count). The molecule has 1 unspecified atom stereocenters. The maximum atomic E-state index is 9.55. The number of hydrogen-bond acceptors (Lipinski definition) is 4. The van der Waals surface area contributed by atoms with Gasteiger partial charge in [-0.05, 0) is 56.7 Å². The van der Waals surface area contributed by atoms with Crippen LogP contribution in [0.15, 0.2) is 6.07 Å². The van der Waals surface area contributed by atoms with Crippen molar-refractivity contribution in [1.82, 2.24) is 10.3 Å². The first-order chi connectivity index (χ1) is 10.3. The molecule has 1 saturated heterocycles. The van der Waals surface area contributed by atoms with Gasteiger partial charge in [0.25, 0.3) is 0 Å². The fourth-order valence-electron chi connectivity index (χ4n) is 3.53. The van der Waals surface area contributed by atoms with Gasteiger partial charge in [0.1, 0.15) is 11.9 Å². The summed E-state index contributed by atoms with van der Waals surface area (Å²) in [4.78, 5) is 7.29. The van der Waals surface area contributed by atoms with Crippen LogP contribution >= 0.6 is 0 Å². The molecule has 112 valence electrons. The topological polar surface area (TPSA) is 52.0 Å². The first-order valence-corrected chi connectivity index (χ1v) is 8.23. The van der Waals surface area contributed by atoms with Crippen molar-refractivity contribution in [2.45, 2.75) is 51.5 Å². The van der Waals surface area contributed by atoms with E-state index in [1.165, 1.54) is 24.1 Å². The molecule has 0 bridgehead atoms. The highest BCUT2D eigenvalue weighted by Gasteiger charge is 2.26. The highest BCUT2D eigenvalue weighted by atomic mass is 15.2. The predicted molar refractivity (Wildman–Crippen MR) is 84.5 cm³/mol. The molecule has 1 aromatic heterocycles. The number of pyridine rings is 1. The number of anilines is 1. The van der Waals surface area contributed by atoms with Gasteiger partial charge in [-0.15, -0.1) is 0 Å². The number of nitrogens with zero attached hydrogens (tertiary/aromatic N) is 3. The Morgan fingerprint density at radius 3 is 3.00 bits per heavy atom. The molecule has 0 saturated carbocycles. The number of aryl methyl sites for hydroxylation is 2. The molecule has 2 heterocycles. The van der Waals surface area contributed by atoms with Gasteiger partial charge in [0, 0.05) is 24.8 Å². The Balaban J connectivity index is 1.99. The summed E-state index contributed by atoms with van der Waals surface area (Å²) in [6.45, 7) is 5.24. The predicted octanol–water partition coefficient (Wildman–Crippen LogP) is 2.41. The Morgan fingerprint density at radius 1 is 1.43 bits per heavy atom. The normalized spacial score (nSPS) is 20.9. The van der Waals surface area contributed by atoms with E-state index in [1.54, 1.807) is 0 Å². The van der Waals surface area contributed by atoms with Gasteiger partial charge >= 0.3 is 0 Å². The van der Waals surface area contributed by atoms with E-state index in [9.17, 15) is 5.26 Å². The summed E-state index contributed by atoms with van der Waals surface area (Å²) < 4.78 is 0. The minimum Gasteiger partial charge on any atom is -0.351 e. The molecule has 1 aliphatic carbocycles. The minimum atomic E-state index is 0.478. The first-order valence-electron chi connectivity index (χ1n) is 8.23. The zero-order chi connectivity index (χ0) is 14.7. The highest BCUT2D eigenvalue weighted by Crippen LogP contribution is 2.28. The summed E-state index contributed by atoms with van der Waals surface area (Å²) in [6.07, 6.45) is 6.82. The molecule has 1 fully saturated rings. The van der Waals surface area contributed by atoms with Crippen molar-refractivity contribution in [3.05, 3.63) is 22.9 Å². The standard InChI is InChI=1S/C17H24N4/c1-2-9-21(15-7-8-19-12-15)17-14(11-18)10-13-5-3-4-6-16(13)20-17/h10,15,19H,2-9,12H2,1H3. The maximum absolute atomic E-state index is 9.55. The van der Waals surface area contributed by atoms with Crippen LogP contribution in [0.3, 0.4) is 0 Å². The smallest absolute Gasteiger partial charge is 0.147 e. The summed E-state index contributed by atoms with van der Waals surface area (Å²) in [7, 11) is 0. The van der Waals surface area contributed by atoms with Crippen molar-refractivity contribution in [2.24, 2.45) is 0 Å². The van der Waals surface area contributed by atoms with E-state index in [4.69, 9.17) is 4.98 Å². The summed E-state index contributed by atoms with van der Waals surface area (Å²) >= 11 is 0. The zero-order valence-electron chi connectivity index (χ0n) is 12.9. The van der Waals surface area contributed by atoms with E-state index in [1.807, 2.05) is 0 Å². The van der Waals surface area contributed by atoms with Crippen molar-refractivity contribution in [3.63, 3.8) is 0 Å². The van der Waals surface area contributed by atoms with Crippen molar-refractivity contribution in [3.8, 4) is 6.07 Å². The van der Waals surface area contributed by atoms with Gasteiger partial charge in [-0.3, -0.25) is 0 Å². The first kappa shape index (κ1) is 14.3. The third kappa shape index (κ3) is 2.89. The second-order valence-corrected chi connectivity index (χ2v) is 6.12. The molecule has 4 nitrogen and oxygen atoms in total. The molecule has 2 aliphatic rings. The molecule has 0 amide bonds. The minimum absolute atomic E-state index is 0.478. The number of nitrogens with one attached hydrogen (secondary N) is 1. The van der Waals surface area contributed by atoms with Crippen molar-refractivity contribution >= 4 is 5.82 Å². The number of hydrogen-bond donors (Lipinski definition) is 1. The Bertz CT molecular complexity index is 540. The van der Waals surface area contributed by atoms with E-state index < -0.39 is 0 Å². The van der Waals surface area contributed by atoms with Crippen LogP contribution in [-0.2, 0) is 12.8 Å². The lowest BCUT2D eigenvalue weighted by atomic mass is 9.94. The third-order valence-electron chi connectivity index (χ3n) is 4.61. The summed E-state index contributed by atoms with van der Waals surface area (Å²) in [5.41, 5.74) is 3.28. The largest absolute Gasteiger partial charge is 0.351 e. The number of aromatic nitrogens is 1. The van der Waals surface area contributed by atoms with Gasteiger partial charge in [0.2, 0.25) is 0 Å². The number of fused-ring (bicyclic) bond motifs is 1. The molecule has 0 aromatic carbocycles. The Morgan fingerprint density at radius 2 is 2.29 bits per heavy atom. The lowest BCUT2D eigenvalue weighted by Crippen LogP contribution is -2.39. The molecule has 1 aromatic rings. The van der Waals surface area contributed by atoms with Crippen molar-refractivity contribution in [1.29, 1.82) is 5.26 Å². The molecule has 1 atom stereocenters. The van der Waals surface area contributed by atoms with Crippen LogP contribution in [0.1, 0.15) is 49.4 Å². The lowest BCUT2D eigenvalue weighted by Gasteiger charge is -2.31. The van der Waals surface area contributed by atoms with Crippen molar-refractivity contribution < 1.29 is 0 Å². The van der Waals surface area contributed by atoms with Crippen LogP contribution in [0, 0.1) is 11.3 Å². The Labute approximate surface area is 127 Å². The average molecular weight is 284 g/mol. The van der Waals surface area contributed by atoms with Crippen LogP contribution in [0.5, 0.6) is 0 Å². The van der Waals surface area contributed by atoms with Gasteiger partial charge in [0.15, 0.2) is 0 Å². The fraction of sp³-hybridized carbons (Fsp3) is 0.647. The Hall–Kier alpha value is -1.60. The second kappa shape index (κ2) is 6.44. The molecule has 4 heteroatoms. The lowest BCUT2D eigenvalue weighted by molar-refractivity contribution is 0.609. The molecule has 1 N–H and O–H groups in total. The van der Waals surface area contributed by atoms with Crippen LogP contribution in [-0.4, -0.2) is 30.7 Å². The van der Waals surface area contributed by atoms with E-state index in [0.29, 0.717) is 6.04 Å². The summed E-state index contributed by atoms with van der Waals surface area (Å²) in [6, 6.07) is 4.96. The summed E-state index contributed by atoms with van der Waals surface area (Å²) in [5, 5.41) is 13.0. The third-order valence-corrected chi connectivity index (χ3v) is 4.61. The SMILES string of the molecule is CCCN(c1nc2c(cc1C#N)CCCC2)C1CCNC1. The highest BCUT2D eigenvalue weighted by molar-refractivity contribution is 5.57. The molecule has 0 spiro atoms. The molecular formula is C17H24N4. The van der Waals surface area contributed by atoms with E-state index in [2.05, 4.69) is 29.3 Å².